The number of hydrogen-bond acceptors (Lipinski definition) is 4. The van der Waals surface area contributed by atoms with E-state index in [4.69, 9.17) is 18.6 Å². The molecule has 0 saturated carbocycles. The molecule has 2 aromatic rings. The number of rotatable bonds is 10. The average molecular weight is 306 g/mol. The lowest BCUT2D eigenvalue weighted by atomic mass is 10.3. The molecule has 0 unspecified atom stereocenters. The molecule has 0 aliphatic rings. The third-order valence-corrected chi connectivity index (χ3v) is 3.36. The van der Waals surface area contributed by atoms with E-state index in [1.807, 2.05) is 30.3 Å². The first kappa shape index (κ1) is 16.2. The van der Waals surface area contributed by atoms with Gasteiger partial charge in [0.2, 0.25) is 5.75 Å². The number of ether oxygens (including phenoxy) is 3. The first-order valence-electron chi connectivity index (χ1n) is 7.53. The van der Waals surface area contributed by atoms with Gasteiger partial charge in [0, 0.05) is 0 Å². The maximum absolute atomic E-state index is 5.82. The number of methoxy groups -OCH3 is 2. The molecule has 0 bridgehead atoms. The minimum atomic E-state index is 0.644. The fraction of sp³-hybridized carbons (Fsp3) is 0.412. The van der Waals surface area contributed by atoms with Gasteiger partial charge in [-0.15, -0.1) is 0 Å². The minimum Gasteiger partial charge on any atom is -0.493 e. The maximum Gasteiger partial charge on any atom is 0.203 e. The first-order valence-corrected chi connectivity index (χ1v) is 7.53. The molecule has 0 saturated heterocycles. The molecular formula is C17H24NO4+. The first-order chi connectivity index (χ1) is 10.8. The van der Waals surface area contributed by atoms with Crippen LogP contribution in [0.1, 0.15) is 18.6 Å². The summed E-state index contributed by atoms with van der Waals surface area (Å²) < 4.78 is 21.7. The molecule has 0 aliphatic carbocycles. The van der Waals surface area contributed by atoms with Gasteiger partial charge >= 0.3 is 0 Å². The molecule has 0 atom stereocenters. The summed E-state index contributed by atoms with van der Waals surface area (Å²) in [5.41, 5.74) is 0. The fourth-order valence-electron chi connectivity index (χ4n) is 2.20. The van der Waals surface area contributed by atoms with Crippen molar-refractivity contribution in [3.05, 3.63) is 42.4 Å². The zero-order valence-electron chi connectivity index (χ0n) is 13.2. The second kappa shape index (κ2) is 9.00. The van der Waals surface area contributed by atoms with Crippen LogP contribution in [0.5, 0.6) is 17.2 Å². The molecule has 0 radical (unpaired) electrons. The van der Waals surface area contributed by atoms with Gasteiger partial charge in [-0.25, -0.2) is 0 Å². The van der Waals surface area contributed by atoms with E-state index in [1.165, 1.54) is 0 Å². The highest BCUT2D eigenvalue weighted by atomic mass is 16.5. The van der Waals surface area contributed by atoms with Crippen LogP contribution in [-0.4, -0.2) is 27.4 Å². The van der Waals surface area contributed by atoms with Crippen molar-refractivity contribution in [1.82, 2.24) is 0 Å². The van der Waals surface area contributed by atoms with Gasteiger partial charge in [0.25, 0.3) is 0 Å². The number of hydrogen-bond donors (Lipinski definition) is 1. The van der Waals surface area contributed by atoms with E-state index >= 15 is 0 Å². The second-order valence-electron chi connectivity index (χ2n) is 4.91. The number of para-hydroxylation sites is 1. The van der Waals surface area contributed by atoms with Crippen LogP contribution < -0.4 is 19.5 Å². The number of furan rings is 1. The van der Waals surface area contributed by atoms with Crippen LogP contribution in [-0.2, 0) is 6.54 Å². The van der Waals surface area contributed by atoms with Crippen LogP contribution in [0, 0.1) is 0 Å². The topological polar surface area (TPSA) is 57.4 Å². The van der Waals surface area contributed by atoms with Gasteiger partial charge in [0.05, 0.1) is 33.6 Å². The van der Waals surface area contributed by atoms with E-state index in [0.29, 0.717) is 23.9 Å². The van der Waals surface area contributed by atoms with Gasteiger partial charge in [0.15, 0.2) is 17.3 Å². The Hall–Kier alpha value is -2.14. The summed E-state index contributed by atoms with van der Waals surface area (Å²) in [5, 5.41) is 2.24. The number of unbranched alkanes of at least 4 members (excludes halogenated alkanes) is 1. The van der Waals surface area contributed by atoms with Gasteiger partial charge in [-0.3, -0.25) is 0 Å². The molecule has 5 heteroatoms. The molecule has 22 heavy (non-hydrogen) atoms. The predicted octanol–water partition coefficient (Wildman–Crippen LogP) is 2.22. The summed E-state index contributed by atoms with van der Waals surface area (Å²) in [6.07, 6.45) is 3.77. The lowest BCUT2D eigenvalue weighted by Gasteiger charge is -2.13. The Morgan fingerprint density at radius 3 is 2.41 bits per heavy atom. The zero-order chi connectivity index (χ0) is 15.6. The Labute approximate surface area is 131 Å². The van der Waals surface area contributed by atoms with Gasteiger partial charge in [-0.1, -0.05) is 6.07 Å². The maximum atomic E-state index is 5.82. The van der Waals surface area contributed by atoms with E-state index in [2.05, 4.69) is 5.32 Å². The Balaban J connectivity index is 1.66. The summed E-state index contributed by atoms with van der Waals surface area (Å²) in [4.78, 5) is 0. The van der Waals surface area contributed by atoms with Crippen molar-refractivity contribution in [3.63, 3.8) is 0 Å². The third-order valence-electron chi connectivity index (χ3n) is 3.36. The van der Waals surface area contributed by atoms with E-state index in [9.17, 15) is 0 Å². The van der Waals surface area contributed by atoms with Crippen LogP contribution in [0.3, 0.4) is 0 Å². The minimum absolute atomic E-state index is 0.644. The smallest absolute Gasteiger partial charge is 0.203 e. The van der Waals surface area contributed by atoms with Crippen molar-refractivity contribution in [2.75, 3.05) is 27.4 Å². The molecule has 0 aliphatic heterocycles. The summed E-state index contributed by atoms with van der Waals surface area (Å²) in [6, 6.07) is 9.53. The Bertz CT molecular complexity index is 517. The Kier molecular flexibility index (Phi) is 6.64. The second-order valence-corrected chi connectivity index (χ2v) is 4.91. The highest BCUT2D eigenvalue weighted by molar-refractivity contribution is 5.51. The summed E-state index contributed by atoms with van der Waals surface area (Å²) >= 11 is 0. The molecule has 0 spiro atoms. The predicted molar refractivity (Wildman–Crippen MR) is 83.5 cm³/mol. The third kappa shape index (κ3) is 4.70. The summed E-state index contributed by atoms with van der Waals surface area (Å²) in [7, 11) is 3.26. The number of benzene rings is 1. The van der Waals surface area contributed by atoms with Crippen LogP contribution >= 0.6 is 0 Å². The summed E-state index contributed by atoms with van der Waals surface area (Å²) in [6.45, 7) is 2.58. The average Bonchev–Trinajstić information content (AvgIpc) is 3.07. The van der Waals surface area contributed by atoms with Crippen molar-refractivity contribution in [2.45, 2.75) is 19.4 Å². The lowest BCUT2D eigenvalue weighted by molar-refractivity contribution is -0.672. The monoisotopic (exact) mass is 306 g/mol. The standard InChI is InChI=1S/C17H23NO4/c1-19-15-8-5-9-16(20-2)17(15)22-11-4-3-10-18-13-14-7-6-12-21-14/h5-9,12,18H,3-4,10-11,13H2,1-2H3/p+1. The fourth-order valence-corrected chi connectivity index (χ4v) is 2.20. The van der Waals surface area contributed by atoms with Crippen molar-refractivity contribution in [1.29, 1.82) is 0 Å². The van der Waals surface area contributed by atoms with Crippen LogP contribution in [0.15, 0.2) is 41.0 Å². The van der Waals surface area contributed by atoms with E-state index < -0.39 is 0 Å². The van der Waals surface area contributed by atoms with E-state index in [1.54, 1.807) is 20.5 Å². The SMILES string of the molecule is COc1cccc(OC)c1OCCCC[NH2+]Cc1ccco1. The summed E-state index contributed by atoms with van der Waals surface area (Å²) in [5.74, 6) is 3.08. The molecule has 2 rings (SSSR count). The molecule has 0 amide bonds. The van der Waals surface area contributed by atoms with Gasteiger partial charge in [-0.05, 0) is 37.1 Å². The molecule has 5 nitrogen and oxygen atoms in total. The highest BCUT2D eigenvalue weighted by Crippen LogP contribution is 2.36. The zero-order valence-corrected chi connectivity index (χ0v) is 13.2. The Morgan fingerprint density at radius 1 is 1.00 bits per heavy atom. The van der Waals surface area contributed by atoms with Crippen LogP contribution in [0.25, 0.3) is 0 Å². The lowest BCUT2D eigenvalue weighted by Crippen LogP contribution is -2.82. The molecule has 0 fully saturated rings. The molecule has 1 aromatic carbocycles. The van der Waals surface area contributed by atoms with E-state index in [-0.39, 0.29) is 0 Å². The van der Waals surface area contributed by atoms with Crippen molar-refractivity contribution >= 4 is 0 Å². The molecular weight excluding hydrogens is 282 g/mol. The van der Waals surface area contributed by atoms with E-state index in [0.717, 1.165) is 31.7 Å². The van der Waals surface area contributed by atoms with Crippen molar-refractivity contribution in [3.8, 4) is 17.2 Å². The normalized spacial score (nSPS) is 10.5. The van der Waals surface area contributed by atoms with Crippen molar-refractivity contribution in [2.24, 2.45) is 0 Å². The number of nitrogens with two attached hydrogens (primary N) is 1. The van der Waals surface area contributed by atoms with Crippen molar-refractivity contribution < 1.29 is 23.9 Å². The number of quaternary nitrogens is 1. The Morgan fingerprint density at radius 2 is 1.77 bits per heavy atom. The van der Waals surface area contributed by atoms with Gasteiger partial charge < -0.3 is 23.9 Å². The largest absolute Gasteiger partial charge is 0.493 e. The van der Waals surface area contributed by atoms with Crippen LogP contribution in [0.4, 0.5) is 0 Å². The molecule has 1 heterocycles. The van der Waals surface area contributed by atoms with Gasteiger partial charge in [0.1, 0.15) is 6.54 Å². The molecule has 120 valence electrons. The highest BCUT2D eigenvalue weighted by Gasteiger charge is 2.10. The van der Waals surface area contributed by atoms with Crippen LogP contribution in [0.2, 0.25) is 0 Å². The molecule has 2 N–H and O–H groups in total. The quantitative estimate of drug-likeness (QED) is 0.684. The molecule has 1 aromatic heterocycles. The van der Waals surface area contributed by atoms with Gasteiger partial charge in [-0.2, -0.15) is 0 Å².